The summed E-state index contributed by atoms with van der Waals surface area (Å²) in [5.74, 6) is 0. The molecular weight excluding hydrogens is 682 g/mol. The molecule has 0 amide bonds. The predicted molar refractivity (Wildman–Crippen MR) is 196 cm³/mol. The molecule has 0 N–H and O–H groups in total. The summed E-state index contributed by atoms with van der Waals surface area (Å²) in [7, 11) is 0. The molecule has 224 valence electrons. The monoisotopic (exact) mass is 725 g/mol. The maximum atomic E-state index is 3.81. The average Bonchev–Trinajstić information content (AvgIpc) is 3.71. The van der Waals surface area contributed by atoms with Crippen LogP contribution in [0.1, 0.15) is 110 Å². The van der Waals surface area contributed by atoms with Crippen molar-refractivity contribution in [3.05, 3.63) is 68.2 Å². The molecule has 0 saturated carbocycles. The average molecular weight is 728 g/mol. The van der Waals surface area contributed by atoms with Gasteiger partial charge in [0.05, 0.1) is 11.0 Å². The Kier molecular flexibility index (Phi) is 12.2. The van der Waals surface area contributed by atoms with E-state index in [0.717, 1.165) is 0 Å². The zero-order valence-corrected chi connectivity index (χ0v) is 30.1. The molecule has 0 unspecified atom stereocenters. The fourth-order valence-electron chi connectivity index (χ4n) is 6.45. The summed E-state index contributed by atoms with van der Waals surface area (Å²) in [4.78, 5) is 2.64. The number of halogens is 2. The van der Waals surface area contributed by atoms with Gasteiger partial charge in [-0.05, 0) is 90.9 Å². The zero-order valence-electron chi connectivity index (χ0n) is 25.3. The van der Waals surface area contributed by atoms with Crippen LogP contribution in [0.5, 0.6) is 0 Å². The van der Waals surface area contributed by atoms with E-state index in [4.69, 9.17) is 0 Å². The number of hydrogen-bond acceptors (Lipinski definition) is 2. The molecule has 3 heterocycles. The molecule has 0 spiro atoms. The van der Waals surface area contributed by atoms with E-state index >= 15 is 0 Å². The van der Waals surface area contributed by atoms with E-state index in [1.54, 1.807) is 0 Å². The molecular formula is C37H45Br2NS2. The van der Waals surface area contributed by atoms with E-state index in [1.165, 1.54) is 142 Å². The molecule has 0 radical (unpaired) electrons. The summed E-state index contributed by atoms with van der Waals surface area (Å²) in [6.07, 6.45) is 18.7. The number of unbranched alkanes of at least 4 members (excludes halogenated alkanes) is 10. The van der Waals surface area contributed by atoms with Crippen molar-refractivity contribution < 1.29 is 0 Å². The van der Waals surface area contributed by atoms with Crippen molar-refractivity contribution in [1.82, 2.24) is 4.57 Å². The summed E-state index contributed by atoms with van der Waals surface area (Å²) in [5, 5.41) is 7.14. The molecule has 3 aromatic heterocycles. The maximum Gasteiger partial charge on any atom is 0.0500 e. The van der Waals surface area contributed by atoms with E-state index in [-0.39, 0.29) is 0 Å². The van der Waals surface area contributed by atoms with Crippen LogP contribution < -0.4 is 0 Å². The predicted octanol–water partition coefficient (Wildman–Crippen LogP) is 14.8. The minimum absolute atomic E-state index is 0.520. The van der Waals surface area contributed by atoms with Gasteiger partial charge in [0, 0.05) is 35.5 Å². The van der Waals surface area contributed by atoms with Crippen LogP contribution in [0.15, 0.2) is 68.2 Å². The molecule has 0 bridgehead atoms. The van der Waals surface area contributed by atoms with Crippen molar-refractivity contribution in [3.63, 3.8) is 0 Å². The summed E-state index contributed by atoms with van der Waals surface area (Å²) in [5.41, 5.74) is 5.42. The first-order chi connectivity index (χ1) is 20.6. The van der Waals surface area contributed by atoms with Crippen LogP contribution in [0.4, 0.5) is 0 Å². The third-order valence-electron chi connectivity index (χ3n) is 8.71. The van der Waals surface area contributed by atoms with Crippen molar-refractivity contribution in [2.45, 2.75) is 110 Å². The molecule has 5 aromatic rings. The van der Waals surface area contributed by atoms with Gasteiger partial charge in [-0.1, -0.05) is 115 Å². The van der Waals surface area contributed by atoms with Gasteiger partial charge in [0.25, 0.3) is 0 Å². The van der Waals surface area contributed by atoms with Crippen molar-refractivity contribution in [3.8, 4) is 20.9 Å². The number of nitrogens with zero attached hydrogens (tertiary/aromatic N) is 1. The molecule has 2 aromatic carbocycles. The Bertz CT molecular complexity index is 1450. The Morgan fingerprint density at radius 1 is 0.571 bits per heavy atom. The Morgan fingerprint density at radius 3 is 1.40 bits per heavy atom. The first-order valence-corrected chi connectivity index (χ1v) is 19.5. The highest BCUT2D eigenvalue weighted by molar-refractivity contribution is 9.11. The molecule has 0 aliphatic rings. The fraction of sp³-hybridized carbons (Fsp3) is 0.459. The lowest BCUT2D eigenvalue weighted by Crippen LogP contribution is -2.09. The van der Waals surface area contributed by atoms with Crippen molar-refractivity contribution in [1.29, 1.82) is 0 Å². The highest BCUT2D eigenvalue weighted by Gasteiger charge is 2.21. The molecule has 0 aliphatic heterocycles. The normalized spacial score (nSPS) is 11.9. The Hall–Kier alpha value is -1.40. The smallest absolute Gasteiger partial charge is 0.0500 e. The van der Waals surface area contributed by atoms with Gasteiger partial charge in [0.1, 0.15) is 0 Å². The third-order valence-corrected chi connectivity index (χ3v) is 12.5. The molecule has 0 fully saturated rings. The second-order valence-corrected chi connectivity index (χ2v) is 15.3. The molecule has 0 aliphatic carbocycles. The lowest BCUT2D eigenvalue weighted by atomic mass is 9.99. The topological polar surface area (TPSA) is 4.93 Å². The van der Waals surface area contributed by atoms with Gasteiger partial charge >= 0.3 is 0 Å². The van der Waals surface area contributed by atoms with Gasteiger partial charge in [-0.3, -0.25) is 0 Å². The molecule has 0 atom stereocenters. The largest absolute Gasteiger partial charge is 0.337 e. The number of fused-ring (bicyclic) bond motifs is 3. The zero-order chi connectivity index (χ0) is 29.3. The van der Waals surface area contributed by atoms with Crippen LogP contribution in [-0.4, -0.2) is 4.57 Å². The van der Waals surface area contributed by atoms with E-state index < -0.39 is 0 Å². The van der Waals surface area contributed by atoms with Gasteiger partial charge in [-0.15, -0.1) is 22.7 Å². The molecule has 1 nitrogen and oxygen atoms in total. The van der Waals surface area contributed by atoms with E-state index in [2.05, 4.69) is 110 Å². The van der Waals surface area contributed by atoms with Crippen LogP contribution >= 0.6 is 54.5 Å². The van der Waals surface area contributed by atoms with Gasteiger partial charge in [0.15, 0.2) is 0 Å². The Morgan fingerprint density at radius 2 is 1.00 bits per heavy atom. The number of benzene rings is 2. The van der Waals surface area contributed by atoms with Crippen LogP contribution in [0.3, 0.4) is 0 Å². The van der Waals surface area contributed by atoms with Crippen molar-refractivity contribution >= 4 is 76.3 Å². The third kappa shape index (κ3) is 7.62. The van der Waals surface area contributed by atoms with Gasteiger partial charge in [0.2, 0.25) is 0 Å². The second-order valence-electron chi connectivity index (χ2n) is 11.8. The van der Waals surface area contributed by atoms with Crippen LogP contribution in [0.2, 0.25) is 0 Å². The Labute approximate surface area is 278 Å². The lowest BCUT2D eigenvalue weighted by Gasteiger charge is -2.22. The maximum absolute atomic E-state index is 3.81. The SMILES string of the molecule is CCCCCCCCC(CCCCCCCC)n1c2cc(-c3sccc3Br)ccc2c2ccc(-c3sccc3Br)cc21. The van der Waals surface area contributed by atoms with Crippen LogP contribution in [-0.2, 0) is 0 Å². The summed E-state index contributed by atoms with van der Waals surface area (Å²) < 4.78 is 5.14. The van der Waals surface area contributed by atoms with E-state index in [9.17, 15) is 0 Å². The molecule has 5 heteroatoms. The summed E-state index contributed by atoms with van der Waals surface area (Å²) >= 11 is 11.3. The first kappa shape index (κ1) is 32.0. The summed E-state index contributed by atoms with van der Waals surface area (Å²) in [6, 6.07) is 19.2. The van der Waals surface area contributed by atoms with Crippen molar-refractivity contribution in [2.24, 2.45) is 0 Å². The number of hydrogen-bond donors (Lipinski definition) is 0. The molecule has 42 heavy (non-hydrogen) atoms. The van der Waals surface area contributed by atoms with Crippen LogP contribution in [0, 0.1) is 0 Å². The highest BCUT2D eigenvalue weighted by atomic mass is 79.9. The quantitative estimate of drug-likeness (QED) is 0.0841. The molecule has 0 saturated heterocycles. The van der Waals surface area contributed by atoms with Gasteiger partial charge in [-0.25, -0.2) is 0 Å². The molecule has 5 rings (SSSR count). The lowest BCUT2D eigenvalue weighted by molar-refractivity contribution is 0.410. The Balaban J connectivity index is 1.56. The van der Waals surface area contributed by atoms with Crippen LogP contribution in [0.25, 0.3) is 42.7 Å². The minimum Gasteiger partial charge on any atom is -0.337 e. The second kappa shape index (κ2) is 16.1. The van der Waals surface area contributed by atoms with E-state index in [0.29, 0.717) is 6.04 Å². The van der Waals surface area contributed by atoms with E-state index in [1.807, 2.05) is 22.7 Å². The van der Waals surface area contributed by atoms with Gasteiger partial charge in [-0.2, -0.15) is 0 Å². The minimum atomic E-state index is 0.520. The highest BCUT2D eigenvalue weighted by Crippen LogP contribution is 2.42. The number of aromatic nitrogens is 1. The van der Waals surface area contributed by atoms with Crippen molar-refractivity contribution in [2.75, 3.05) is 0 Å². The fourth-order valence-corrected chi connectivity index (χ4v) is 9.65. The number of thiophene rings is 2. The summed E-state index contributed by atoms with van der Waals surface area (Å²) in [6.45, 7) is 4.62. The standard InChI is InChI=1S/C37H45Br2NS2/c1-3-5-7-9-11-13-15-29(16-14-12-10-8-6-4-2)40-34-25-27(36-32(38)21-23-41-36)17-19-30(34)31-20-18-28(26-35(31)40)37-33(39)22-24-42-37/h17-26,29H,3-16H2,1-2H3. The first-order valence-electron chi connectivity index (χ1n) is 16.2. The van der Waals surface area contributed by atoms with Gasteiger partial charge < -0.3 is 4.57 Å². The number of rotatable bonds is 17.